The topological polar surface area (TPSA) is 74.5 Å². The van der Waals surface area contributed by atoms with Gasteiger partial charge in [0.2, 0.25) is 5.91 Å². The number of guanidine groups is 1. The second kappa shape index (κ2) is 12.1. The van der Waals surface area contributed by atoms with E-state index in [9.17, 15) is 4.79 Å². The quantitative estimate of drug-likeness (QED) is 0.309. The van der Waals surface area contributed by atoms with E-state index < -0.39 is 0 Å². The van der Waals surface area contributed by atoms with Crippen LogP contribution in [0.5, 0.6) is 0 Å². The number of aryl methyl sites for hydroxylation is 2. The van der Waals surface area contributed by atoms with Crippen LogP contribution in [0.15, 0.2) is 39.9 Å². The SMILES string of the molecule is CCc1nn(C)cc1CNC(=NCc1ccc(Br)cc1)NCC(=O)N(C)C.I. The summed E-state index contributed by atoms with van der Waals surface area (Å²) in [6.45, 7) is 3.39. The summed E-state index contributed by atoms with van der Waals surface area (Å²) in [5, 5.41) is 10.9. The number of hydrogen-bond donors (Lipinski definition) is 2. The summed E-state index contributed by atoms with van der Waals surface area (Å²) in [5.74, 6) is 0.586. The molecule has 9 heteroatoms. The molecule has 0 aliphatic heterocycles. The maximum absolute atomic E-state index is 11.9. The molecule has 0 saturated carbocycles. The smallest absolute Gasteiger partial charge is 0.241 e. The van der Waals surface area contributed by atoms with Gasteiger partial charge in [-0.2, -0.15) is 5.10 Å². The van der Waals surface area contributed by atoms with E-state index >= 15 is 0 Å². The normalized spacial score (nSPS) is 11.0. The highest BCUT2D eigenvalue weighted by atomic mass is 127. The standard InChI is InChI=1S/C19H27BrN6O.HI/c1-5-17-15(13-26(4)24-17)11-22-19(23-12-18(27)25(2)3)21-10-14-6-8-16(20)9-7-14;/h6-9,13H,5,10-12H2,1-4H3,(H2,21,22,23);1H. The van der Waals surface area contributed by atoms with Crippen LogP contribution in [0.4, 0.5) is 0 Å². The Morgan fingerprint density at radius 3 is 2.54 bits per heavy atom. The Hall–Kier alpha value is -1.62. The fourth-order valence-electron chi connectivity index (χ4n) is 2.46. The monoisotopic (exact) mass is 562 g/mol. The summed E-state index contributed by atoms with van der Waals surface area (Å²) >= 11 is 3.44. The maximum Gasteiger partial charge on any atom is 0.241 e. The molecule has 7 nitrogen and oxygen atoms in total. The van der Waals surface area contributed by atoms with E-state index in [2.05, 4.69) is 43.6 Å². The Bertz CT molecular complexity index is 788. The summed E-state index contributed by atoms with van der Waals surface area (Å²) in [6, 6.07) is 8.02. The Labute approximate surface area is 192 Å². The number of nitrogens with zero attached hydrogens (tertiary/aromatic N) is 4. The molecule has 0 aliphatic carbocycles. The van der Waals surface area contributed by atoms with Gasteiger partial charge in [0.15, 0.2) is 5.96 Å². The zero-order chi connectivity index (χ0) is 19.8. The van der Waals surface area contributed by atoms with Crippen molar-refractivity contribution in [2.75, 3.05) is 20.6 Å². The van der Waals surface area contributed by atoms with E-state index in [1.54, 1.807) is 19.0 Å². The first-order valence-electron chi connectivity index (χ1n) is 8.87. The third-order valence-corrected chi connectivity index (χ3v) is 4.54. The average molecular weight is 563 g/mol. The lowest BCUT2D eigenvalue weighted by Crippen LogP contribution is -2.42. The van der Waals surface area contributed by atoms with Crippen LogP contribution in [0.1, 0.15) is 23.7 Å². The zero-order valence-electron chi connectivity index (χ0n) is 16.7. The molecule has 1 aromatic carbocycles. The van der Waals surface area contributed by atoms with Crippen LogP contribution in [0.25, 0.3) is 0 Å². The molecule has 154 valence electrons. The molecule has 1 aromatic heterocycles. The minimum absolute atomic E-state index is 0. The lowest BCUT2D eigenvalue weighted by Gasteiger charge is -2.15. The van der Waals surface area contributed by atoms with Gasteiger partial charge in [-0.25, -0.2) is 4.99 Å². The lowest BCUT2D eigenvalue weighted by molar-refractivity contribution is -0.127. The number of likely N-dealkylation sites (N-methyl/N-ethyl adjacent to an activating group) is 1. The number of amides is 1. The first-order chi connectivity index (χ1) is 12.9. The number of nitrogens with one attached hydrogen (secondary N) is 2. The van der Waals surface area contributed by atoms with Gasteiger partial charge in [-0.3, -0.25) is 9.48 Å². The van der Waals surface area contributed by atoms with E-state index in [0.717, 1.165) is 27.7 Å². The molecule has 28 heavy (non-hydrogen) atoms. The molecule has 0 unspecified atom stereocenters. The zero-order valence-corrected chi connectivity index (χ0v) is 20.6. The number of hydrogen-bond acceptors (Lipinski definition) is 3. The number of carbonyl (C=O) groups excluding carboxylic acids is 1. The van der Waals surface area contributed by atoms with Crippen LogP contribution < -0.4 is 10.6 Å². The fourth-order valence-corrected chi connectivity index (χ4v) is 2.72. The number of benzene rings is 1. The molecule has 2 rings (SSSR count). The Morgan fingerprint density at radius 2 is 1.93 bits per heavy atom. The van der Waals surface area contributed by atoms with Gasteiger partial charge >= 0.3 is 0 Å². The molecule has 0 atom stereocenters. The highest BCUT2D eigenvalue weighted by molar-refractivity contribution is 14.0. The number of rotatable bonds is 7. The number of carbonyl (C=O) groups is 1. The van der Waals surface area contributed by atoms with Crippen molar-refractivity contribution in [3.63, 3.8) is 0 Å². The van der Waals surface area contributed by atoms with Crippen molar-refractivity contribution >= 4 is 51.8 Å². The van der Waals surface area contributed by atoms with Gasteiger partial charge in [0.1, 0.15) is 0 Å². The minimum atomic E-state index is -0.0104. The van der Waals surface area contributed by atoms with Gasteiger partial charge in [-0.1, -0.05) is 35.0 Å². The highest BCUT2D eigenvalue weighted by Crippen LogP contribution is 2.11. The molecule has 0 bridgehead atoms. The van der Waals surface area contributed by atoms with Crippen LogP contribution in [-0.4, -0.2) is 47.2 Å². The maximum atomic E-state index is 11.9. The van der Waals surface area contributed by atoms with E-state index in [4.69, 9.17) is 0 Å². The Balaban J connectivity index is 0.00000392. The number of halogens is 2. The number of aliphatic imine (C=N–C) groups is 1. The van der Waals surface area contributed by atoms with E-state index in [1.165, 1.54) is 0 Å². The van der Waals surface area contributed by atoms with Crippen molar-refractivity contribution in [2.45, 2.75) is 26.4 Å². The van der Waals surface area contributed by atoms with Gasteiger partial charge < -0.3 is 15.5 Å². The molecule has 2 aromatic rings. The van der Waals surface area contributed by atoms with Crippen molar-refractivity contribution in [2.24, 2.45) is 12.0 Å². The Morgan fingerprint density at radius 1 is 1.25 bits per heavy atom. The van der Waals surface area contributed by atoms with Crippen molar-refractivity contribution in [3.8, 4) is 0 Å². The van der Waals surface area contributed by atoms with Crippen molar-refractivity contribution in [1.82, 2.24) is 25.3 Å². The van der Waals surface area contributed by atoms with E-state index in [0.29, 0.717) is 19.0 Å². The molecule has 0 fully saturated rings. The van der Waals surface area contributed by atoms with Crippen LogP contribution in [0.2, 0.25) is 0 Å². The third kappa shape index (κ3) is 7.78. The fraction of sp³-hybridized carbons (Fsp3) is 0.421. The van der Waals surface area contributed by atoms with Gasteiger partial charge in [0.25, 0.3) is 0 Å². The summed E-state index contributed by atoms with van der Waals surface area (Å²) in [7, 11) is 5.39. The van der Waals surface area contributed by atoms with Crippen LogP contribution in [0, 0.1) is 0 Å². The highest BCUT2D eigenvalue weighted by Gasteiger charge is 2.09. The lowest BCUT2D eigenvalue weighted by atomic mass is 10.2. The molecular weight excluding hydrogens is 535 g/mol. The van der Waals surface area contributed by atoms with Crippen molar-refractivity contribution in [1.29, 1.82) is 0 Å². The molecule has 1 heterocycles. The van der Waals surface area contributed by atoms with Gasteiger partial charge in [0.05, 0.1) is 18.8 Å². The summed E-state index contributed by atoms with van der Waals surface area (Å²) in [5.41, 5.74) is 3.27. The summed E-state index contributed by atoms with van der Waals surface area (Å²) in [4.78, 5) is 18.1. The minimum Gasteiger partial charge on any atom is -0.352 e. The average Bonchev–Trinajstić information content (AvgIpc) is 3.01. The predicted octanol–water partition coefficient (Wildman–Crippen LogP) is 2.69. The van der Waals surface area contributed by atoms with Crippen LogP contribution >= 0.6 is 39.9 Å². The van der Waals surface area contributed by atoms with Crippen LogP contribution in [0.3, 0.4) is 0 Å². The Kier molecular flexibility index (Phi) is 10.5. The molecule has 0 radical (unpaired) electrons. The molecule has 0 saturated heterocycles. The van der Waals surface area contributed by atoms with Gasteiger partial charge in [-0.15, -0.1) is 24.0 Å². The van der Waals surface area contributed by atoms with Crippen molar-refractivity contribution < 1.29 is 4.79 Å². The summed E-state index contributed by atoms with van der Waals surface area (Å²) < 4.78 is 2.85. The van der Waals surface area contributed by atoms with Crippen LogP contribution in [-0.2, 0) is 31.4 Å². The van der Waals surface area contributed by atoms with Gasteiger partial charge in [0, 0.05) is 43.9 Å². The molecule has 1 amide bonds. The van der Waals surface area contributed by atoms with E-state index in [1.807, 2.05) is 42.2 Å². The third-order valence-electron chi connectivity index (χ3n) is 4.01. The van der Waals surface area contributed by atoms with Gasteiger partial charge in [-0.05, 0) is 24.1 Å². The largest absolute Gasteiger partial charge is 0.352 e. The predicted molar refractivity (Wildman–Crippen MR) is 127 cm³/mol. The first kappa shape index (κ1) is 24.4. The van der Waals surface area contributed by atoms with E-state index in [-0.39, 0.29) is 36.4 Å². The first-order valence-corrected chi connectivity index (χ1v) is 9.66. The summed E-state index contributed by atoms with van der Waals surface area (Å²) in [6.07, 6.45) is 2.87. The molecule has 0 aliphatic rings. The number of aromatic nitrogens is 2. The molecule has 0 spiro atoms. The molecular formula is C19H28BrIN6O. The second-order valence-electron chi connectivity index (χ2n) is 6.41. The molecule has 2 N–H and O–H groups in total. The second-order valence-corrected chi connectivity index (χ2v) is 7.33. The van der Waals surface area contributed by atoms with Crippen molar-refractivity contribution in [3.05, 3.63) is 51.8 Å².